The predicted octanol–water partition coefficient (Wildman–Crippen LogP) is 1.17. The number of fused-ring (bicyclic) bond motifs is 1. The molecule has 0 aliphatic carbocycles. The SMILES string of the molecule is CCc1nn(C)cc1CN1C[C@@H]2CCCN[C@@H]2C1. The molecule has 3 rings (SSSR count). The first-order valence-electron chi connectivity index (χ1n) is 7.23. The van der Waals surface area contributed by atoms with E-state index in [4.69, 9.17) is 0 Å². The van der Waals surface area contributed by atoms with E-state index in [-0.39, 0.29) is 0 Å². The Bertz CT molecular complexity index is 398. The van der Waals surface area contributed by atoms with Gasteiger partial charge in [-0.15, -0.1) is 0 Å². The van der Waals surface area contributed by atoms with Crippen molar-refractivity contribution in [2.75, 3.05) is 19.6 Å². The van der Waals surface area contributed by atoms with Crippen molar-refractivity contribution in [1.82, 2.24) is 20.0 Å². The minimum atomic E-state index is 0.737. The molecule has 2 atom stereocenters. The molecule has 2 aliphatic rings. The molecule has 0 spiro atoms. The zero-order chi connectivity index (χ0) is 12.5. The summed E-state index contributed by atoms with van der Waals surface area (Å²) in [5, 5.41) is 8.20. The Morgan fingerprint density at radius 1 is 1.44 bits per heavy atom. The Labute approximate surface area is 109 Å². The number of rotatable bonds is 3. The summed E-state index contributed by atoms with van der Waals surface area (Å²) in [7, 11) is 2.02. The summed E-state index contributed by atoms with van der Waals surface area (Å²) < 4.78 is 1.95. The summed E-state index contributed by atoms with van der Waals surface area (Å²) in [6.07, 6.45) is 5.98. The Balaban J connectivity index is 1.66. The highest BCUT2D eigenvalue weighted by atomic mass is 15.3. The van der Waals surface area contributed by atoms with Crippen molar-refractivity contribution in [3.05, 3.63) is 17.5 Å². The van der Waals surface area contributed by atoms with Gasteiger partial charge >= 0.3 is 0 Å². The highest BCUT2D eigenvalue weighted by Crippen LogP contribution is 2.26. The van der Waals surface area contributed by atoms with Crippen LogP contribution in [0.2, 0.25) is 0 Å². The van der Waals surface area contributed by atoms with E-state index in [1.165, 1.54) is 43.7 Å². The van der Waals surface area contributed by atoms with Crippen LogP contribution >= 0.6 is 0 Å². The normalized spacial score (nSPS) is 28.6. The lowest BCUT2D eigenvalue weighted by Crippen LogP contribution is -2.40. The van der Waals surface area contributed by atoms with Gasteiger partial charge in [0.25, 0.3) is 0 Å². The molecule has 100 valence electrons. The van der Waals surface area contributed by atoms with Gasteiger partial charge in [-0.1, -0.05) is 6.92 Å². The van der Waals surface area contributed by atoms with Crippen molar-refractivity contribution in [3.8, 4) is 0 Å². The van der Waals surface area contributed by atoms with Crippen molar-refractivity contribution in [2.45, 2.75) is 38.8 Å². The van der Waals surface area contributed by atoms with Crippen molar-refractivity contribution in [2.24, 2.45) is 13.0 Å². The monoisotopic (exact) mass is 248 g/mol. The lowest BCUT2D eigenvalue weighted by Gasteiger charge is -2.24. The number of aromatic nitrogens is 2. The third-order valence-electron chi connectivity index (χ3n) is 4.40. The quantitative estimate of drug-likeness (QED) is 0.871. The fraction of sp³-hybridized carbons (Fsp3) is 0.786. The smallest absolute Gasteiger partial charge is 0.0666 e. The Hall–Kier alpha value is -0.870. The Kier molecular flexibility index (Phi) is 3.39. The van der Waals surface area contributed by atoms with E-state index in [0.717, 1.165) is 24.9 Å². The highest BCUT2D eigenvalue weighted by molar-refractivity contribution is 5.17. The van der Waals surface area contributed by atoms with Gasteiger partial charge in [0, 0.05) is 44.5 Å². The molecule has 4 nitrogen and oxygen atoms in total. The van der Waals surface area contributed by atoms with Gasteiger partial charge in [-0.3, -0.25) is 9.58 Å². The molecule has 1 aromatic heterocycles. The van der Waals surface area contributed by atoms with E-state index in [2.05, 4.69) is 28.4 Å². The first kappa shape index (κ1) is 12.2. The minimum Gasteiger partial charge on any atom is -0.312 e. The van der Waals surface area contributed by atoms with Gasteiger partial charge in [0.1, 0.15) is 0 Å². The van der Waals surface area contributed by atoms with Gasteiger partial charge in [0.15, 0.2) is 0 Å². The van der Waals surface area contributed by atoms with Crippen molar-refractivity contribution >= 4 is 0 Å². The number of nitrogens with zero attached hydrogens (tertiary/aromatic N) is 3. The van der Waals surface area contributed by atoms with E-state index >= 15 is 0 Å². The number of aryl methyl sites for hydroxylation is 2. The van der Waals surface area contributed by atoms with Gasteiger partial charge in [-0.05, 0) is 31.7 Å². The summed E-state index contributed by atoms with van der Waals surface area (Å²) in [5.74, 6) is 0.875. The first-order chi connectivity index (χ1) is 8.76. The van der Waals surface area contributed by atoms with Crippen LogP contribution in [0.4, 0.5) is 0 Å². The molecule has 18 heavy (non-hydrogen) atoms. The lowest BCUT2D eigenvalue weighted by molar-refractivity contribution is 0.312. The van der Waals surface area contributed by atoms with Gasteiger partial charge < -0.3 is 5.32 Å². The molecule has 1 N–H and O–H groups in total. The minimum absolute atomic E-state index is 0.737. The van der Waals surface area contributed by atoms with Crippen LogP contribution in [0.15, 0.2) is 6.20 Å². The third kappa shape index (κ3) is 2.31. The van der Waals surface area contributed by atoms with Gasteiger partial charge in [0.05, 0.1) is 5.69 Å². The molecule has 0 saturated carbocycles. The summed E-state index contributed by atoms with van der Waals surface area (Å²) in [6, 6.07) is 0.737. The zero-order valence-electron chi connectivity index (χ0n) is 11.5. The van der Waals surface area contributed by atoms with E-state index < -0.39 is 0 Å². The van der Waals surface area contributed by atoms with Crippen molar-refractivity contribution in [1.29, 1.82) is 0 Å². The van der Waals surface area contributed by atoms with E-state index in [9.17, 15) is 0 Å². The Morgan fingerprint density at radius 2 is 2.33 bits per heavy atom. The molecule has 1 aromatic rings. The largest absolute Gasteiger partial charge is 0.312 e. The van der Waals surface area contributed by atoms with E-state index in [0.29, 0.717) is 0 Å². The molecule has 0 unspecified atom stereocenters. The number of nitrogens with one attached hydrogen (secondary N) is 1. The molecule has 0 radical (unpaired) electrons. The molecule has 3 heterocycles. The van der Waals surface area contributed by atoms with Crippen LogP contribution in [0, 0.1) is 5.92 Å². The average Bonchev–Trinajstić information content (AvgIpc) is 2.92. The van der Waals surface area contributed by atoms with Gasteiger partial charge in [-0.25, -0.2) is 0 Å². The molecule has 0 amide bonds. The first-order valence-corrected chi connectivity index (χ1v) is 7.23. The third-order valence-corrected chi connectivity index (χ3v) is 4.40. The average molecular weight is 248 g/mol. The van der Waals surface area contributed by atoms with Crippen LogP contribution < -0.4 is 5.32 Å². The number of piperidine rings is 1. The molecular formula is C14H24N4. The number of hydrogen-bond acceptors (Lipinski definition) is 3. The second kappa shape index (κ2) is 5.02. The van der Waals surface area contributed by atoms with Crippen LogP contribution in [0.1, 0.15) is 31.0 Å². The predicted molar refractivity (Wildman–Crippen MR) is 72.4 cm³/mol. The molecule has 0 bridgehead atoms. The topological polar surface area (TPSA) is 33.1 Å². The van der Waals surface area contributed by atoms with E-state index in [1.54, 1.807) is 0 Å². The van der Waals surface area contributed by atoms with Crippen LogP contribution in [0.5, 0.6) is 0 Å². The summed E-state index contributed by atoms with van der Waals surface area (Å²) in [4.78, 5) is 2.60. The molecule has 0 aromatic carbocycles. The highest BCUT2D eigenvalue weighted by Gasteiger charge is 2.34. The molecular weight excluding hydrogens is 224 g/mol. The van der Waals surface area contributed by atoms with Crippen LogP contribution in [-0.4, -0.2) is 40.4 Å². The van der Waals surface area contributed by atoms with Crippen LogP contribution in [-0.2, 0) is 20.0 Å². The lowest BCUT2D eigenvalue weighted by atomic mass is 9.94. The van der Waals surface area contributed by atoms with Crippen molar-refractivity contribution in [3.63, 3.8) is 0 Å². The molecule has 2 saturated heterocycles. The maximum atomic E-state index is 4.54. The second-order valence-corrected chi connectivity index (χ2v) is 5.79. The van der Waals surface area contributed by atoms with Crippen LogP contribution in [0.3, 0.4) is 0 Å². The summed E-state index contributed by atoms with van der Waals surface area (Å²) >= 11 is 0. The Morgan fingerprint density at radius 3 is 3.11 bits per heavy atom. The van der Waals surface area contributed by atoms with Crippen LogP contribution in [0.25, 0.3) is 0 Å². The number of likely N-dealkylation sites (tertiary alicyclic amines) is 1. The molecule has 2 fully saturated rings. The fourth-order valence-corrected chi connectivity index (χ4v) is 3.52. The van der Waals surface area contributed by atoms with Gasteiger partial charge in [0.2, 0.25) is 0 Å². The molecule has 2 aliphatic heterocycles. The maximum absolute atomic E-state index is 4.54. The second-order valence-electron chi connectivity index (χ2n) is 5.79. The summed E-state index contributed by atoms with van der Waals surface area (Å²) in [5.41, 5.74) is 2.68. The zero-order valence-corrected chi connectivity index (χ0v) is 11.5. The summed E-state index contributed by atoms with van der Waals surface area (Å²) in [6.45, 7) is 6.95. The molecule has 4 heteroatoms. The van der Waals surface area contributed by atoms with E-state index in [1.807, 2.05) is 11.7 Å². The van der Waals surface area contributed by atoms with Gasteiger partial charge in [-0.2, -0.15) is 5.10 Å². The standard InChI is InChI=1S/C14H24N4/c1-3-13-12(7-17(2)16-13)9-18-8-11-5-4-6-15-14(11)10-18/h7,11,14-15H,3-6,8-10H2,1-2H3/t11-,14+/m0/s1. The van der Waals surface area contributed by atoms with Crippen molar-refractivity contribution < 1.29 is 0 Å². The number of hydrogen-bond donors (Lipinski definition) is 1. The fourth-order valence-electron chi connectivity index (χ4n) is 3.52. The maximum Gasteiger partial charge on any atom is 0.0666 e.